The van der Waals surface area contributed by atoms with Crippen molar-refractivity contribution in [1.82, 2.24) is 0 Å². The van der Waals surface area contributed by atoms with E-state index in [4.69, 9.17) is 9.84 Å². The van der Waals surface area contributed by atoms with Gasteiger partial charge in [0.2, 0.25) is 0 Å². The highest BCUT2D eigenvalue weighted by atomic mass is 16.5. The molecule has 3 N–H and O–H groups in total. The van der Waals surface area contributed by atoms with Gasteiger partial charge in [-0.1, -0.05) is 30.3 Å². The first kappa shape index (κ1) is 14.3. The SMILES string of the molecule is CCOc1ccc2ccccc2c1C(O)C(O)C(=O)O. The normalized spacial score (nSPS) is 13.9. The molecule has 0 aliphatic carbocycles. The second-order valence-electron chi connectivity index (χ2n) is 4.36. The van der Waals surface area contributed by atoms with Crippen LogP contribution < -0.4 is 4.74 Å². The lowest BCUT2D eigenvalue weighted by atomic mass is 9.96. The van der Waals surface area contributed by atoms with Crippen LogP contribution >= 0.6 is 0 Å². The van der Waals surface area contributed by atoms with E-state index in [1.807, 2.05) is 18.2 Å². The number of aliphatic hydroxyl groups is 2. The van der Waals surface area contributed by atoms with E-state index in [0.717, 1.165) is 5.39 Å². The van der Waals surface area contributed by atoms with Crippen LogP contribution in [0.2, 0.25) is 0 Å². The van der Waals surface area contributed by atoms with Crippen molar-refractivity contribution in [3.63, 3.8) is 0 Å². The number of hydrogen-bond acceptors (Lipinski definition) is 4. The molecule has 2 atom stereocenters. The van der Waals surface area contributed by atoms with Gasteiger partial charge in [-0.3, -0.25) is 0 Å². The Morgan fingerprint density at radius 1 is 1.20 bits per heavy atom. The second kappa shape index (κ2) is 5.90. The van der Waals surface area contributed by atoms with Gasteiger partial charge < -0.3 is 20.1 Å². The lowest BCUT2D eigenvalue weighted by Crippen LogP contribution is -2.28. The number of carboxylic acids is 1. The molecule has 0 fully saturated rings. The average Bonchev–Trinajstić information content (AvgIpc) is 2.45. The fourth-order valence-electron chi connectivity index (χ4n) is 2.15. The molecule has 0 amide bonds. The van der Waals surface area contributed by atoms with Gasteiger partial charge in [0, 0.05) is 5.56 Å². The zero-order valence-corrected chi connectivity index (χ0v) is 11.0. The summed E-state index contributed by atoms with van der Waals surface area (Å²) in [7, 11) is 0. The predicted octanol–water partition coefficient (Wildman–Crippen LogP) is 1.72. The molecule has 0 saturated carbocycles. The van der Waals surface area contributed by atoms with Crippen molar-refractivity contribution in [3.05, 3.63) is 42.0 Å². The molecular weight excluding hydrogens is 260 g/mol. The van der Waals surface area contributed by atoms with Crippen molar-refractivity contribution < 1.29 is 24.9 Å². The number of carbonyl (C=O) groups is 1. The van der Waals surface area contributed by atoms with E-state index in [2.05, 4.69) is 0 Å². The Hall–Kier alpha value is -2.11. The number of aliphatic carboxylic acids is 1. The quantitative estimate of drug-likeness (QED) is 0.774. The molecule has 2 aromatic carbocycles. The molecule has 2 rings (SSSR count). The van der Waals surface area contributed by atoms with Crippen LogP contribution in [0.3, 0.4) is 0 Å². The molecule has 0 heterocycles. The molecule has 0 saturated heterocycles. The minimum Gasteiger partial charge on any atom is -0.493 e. The van der Waals surface area contributed by atoms with Crippen molar-refractivity contribution in [2.24, 2.45) is 0 Å². The van der Waals surface area contributed by atoms with Crippen molar-refractivity contribution in [2.75, 3.05) is 6.61 Å². The maximum absolute atomic E-state index is 10.9. The first-order valence-electron chi connectivity index (χ1n) is 6.29. The summed E-state index contributed by atoms with van der Waals surface area (Å²) in [5, 5.41) is 30.1. The molecule has 0 bridgehead atoms. The fraction of sp³-hybridized carbons (Fsp3) is 0.267. The largest absolute Gasteiger partial charge is 0.493 e. The average molecular weight is 276 g/mol. The Morgan fingerprint density at radius 3 is 2.55 bits per heavy atom. The van der Waals surface area contributed by atoms with Gasteiger partial charge in [-0.05, 0) is 23.8 Å². The summed E-state index contributed by atoms with van der Waals surface area (Å²) in [6.07, 6.45) is -3.46. The molecular formula is C15H16O5. The molecule has 5 heteroatoms. The maximum Gasteiger partial charge on any atom is 0.335 e. The summed E-state index contributed by atoms with van der Waals surface area (Å²) in [5.41, 5.74) is 0.292. The molecule has 0 aliphatic heterocycles. The van der Waals surface area contributed by atoms with Crippen LogP contribution in [-0.4, -0.2) is 34.0 Å². The fourth-order valence-corrected chi connectivity index (χ4v) is 2.15. The summed E-state index contributed by atoms with van der Waals surface area (Å²) in [6.45, 7) is 2.17. The second-order valence-corrected chi connectivity index (χ2v) is 4.36. The Morgan fingerprint density at radius 2 is 1.90 bits per heavy atom. The lowest BCUT2D eigenvalue weighted by molar-refractivity contribution is -0.153. The van der Waals surface area contributed by atoms with Gasteiger partial charge in [0.25, 0.3) is 0 Å². The van der Waals surface area contributed by atoms with Gasteiger partial charge in [-0.15, -0.1) is 0 Å². The molecule has 5 nitrogen and oxygen atoms in total. The Labute approximate surface area is 116 Å². The summed E-state index contributed by atoms with van der Waals surface area (Å²) in [4.78, 5) is 10.9. The number of benzene rings is 2. The number of aliphatic hydroxyl groups excluding tert-OH is 2. The van der Waals surface area contributed by atoms with E-state index in [0.29, 0.717) is 23.3 Å². The standard InChI is InChI=1S/C15H16O5/c1-2-20-11-8-7-9-5-3-4-6-10(9)12(11)13(16)14(17)15(18)19/h3-8,13-14,16-17H,2H2,1H3,(H,18,19). The Bertz CT molecular complexity index is 623. The predicted molar refractivity (Wildman–Crippen MR) is 73.7 cm³/mol. The summed E-state index contributed by atoms with van der Waals surface area (Å²) in [5.74, 6) is -1.10. The molecule has 0 aliphatic rings. The molecule has 2 aromatic rings. The molecule has 0 radical (unpaired) electrons. The van der Waals surface area contributed by atoms with Crippen LogP contribution in [0.25, 0.3) is 10.8 Å². The zero-order valence-electron chi connectivity index (χ0n) is 11.0. The van der Waals surface area contributed by atoms with E-state index >= 15 is 0 Å². The highest BCUT2D eigenvalue weighted by molar-refractivity contribution is 5.89. The Kier molecular flexibility index (Phi) is 4.22. The lowest BCUT2D eigenvalue weighted by Gasteiger charge is -2.20. The minimum atomic E-state index is -1.90. The van der Waals surface area contributed by atoms with Gasteiger partial charge in [0.1, 0.15) is 11.9 Å². The van der Waals surface area contributed by atoms with Gasteiger partial charge in [0.15, 0.2) is 6.10 Å². The first-order valence-corrected chi connectivity index (χ1v) is 6.29. The van der Waals surface area contributed by atoms with Gasteiger partial charge >= 0.3 is 5.97 Å². The van der Waals surface area contributed by atoms with E-state index in [1.54, 1.807) is 25.1 Å². The van der Waals surface area contributed by atoms with Crippen molar-refractivity contribution >= 4 is 16.7 Å². The first-order chi connectivity index (χ1) is 9.56. The van der Waals surface area contributed by atoms with Crippen LogP contribution in [-0.2, 0) is 4.79 Å². The van der Waals surface area contributed by atoms with E-state index < -0.39 is 18.2 Å². The number of carboxylic acid groups (broad SMARTS) is 1. The zero-order chi connectivity index (χ0) is 14.7. The van der Waals surface area contributed by atoms with Gasteiger partial charge in [-0.2, -0.15) is 0 Å². The topological polar surface area (TPSA) is 87.0 Å². The van der Waals surface area contributed by atoms with E-state index in [-0.39, 0.29) is 0 Å². The molecule has 20 heavy (non-hydrogen) atoms. The third-order valence-corrected chi connectivity index (χ3v) is 3.08. The number of hydrogen-bond donors (Lipinski definition) is 3. The highest BCUT2D eigenvalue weighted by Crippen LogP contribution is 2.34. The van der Waals surface area contributed by atoms with E-state index in [1.165, 1.54) is 0 Å². The van der Waals surface area contributed by atoms with Crippen LogP contribution in [0.15, 0.2) is 36.4 Å². The number of rotatable bonds is 5. The van der Waals surface area contributed by atoms with Crippen LogP contribution in [0, 0.1) is 0 Å². The van der Waals surface area contributed by atoms with Gasteiger partial charge in [0.05, 0.1) is 6.61 Å². The maximum atomic E-state index is 10.9. The van der Waals surface area contributed by atoms with Crippen LogP contribution in [0.1, 0.15) is 18.6 Å². The van der Waals surface area contributed by atoms with Crippen molar-refractivity contribution in [2.45, 2.75) is 19.1 Å². The number of fused-ring (bicyclic) bond motifs is 1. The molecule has 2 unspecified atom stereocenters. The van der Waals surface area contributed by atoms with Gasteiger partial charge in [-0.25, -0.2) is 4.79 Å². The van der Waals surface area contributed by atoms with Crippen LogP contribution in [0.4, 0.5) is 0 Å². The van der Waals surface area contributed by atoms with Crippen molar-refractivity contribution in [1.29, 1.82) is 0 Å². The monoisotopic (exact) mass is 276 g/mol. The third-order valence-electron chi connectivity index (χ3n) is 3.08. The summed E-state index contributed by atoms with van der Waals surface area (Å²) < 4.78 is 5.43. The van der Waals surface area contributed by atoms with E-state index in [9.17, 15) is 15.0 Å². The summed E-state index contributed by atoms with van der Waals surface area (Å²) >= 11 is 0. The van der Waals surface area contributed by atoms with Crippen LogP contribution in [0.5, 0.6) is 5.75 Å². The highest BCUT2D eigenvalue weighted by Gasteiger charge is 2.29. The minimum absolute atomic E-state index is 0.292. The number of ether oxygens (including phenoxy) is 1. The molecule has 0 aromatic heterocycles. The summed E-state index contributed by atoms with van der Waals surface area (Å²) in [6, 6.07) is 10.7. The smallest absolute Gasteiger partial charge is 0.335 e. The van der Waals surface area contributed by atoms with Crippen molar-refractivity contribution in [3.8, 4) is 5.75 Å². The third kappa shape index (κ3) is 2.59. The molecule has 106 valence electrons. The molecule has 0 spiro atoms. The Balaban J connectivity index is 2.62.